The molecule has 0 aliphatic carbocycles. The van der Waals surface area contributed by atoms with Crippen molar-refractivity contribution in [2.24, 2.45) is 0 Å². The summed E-state index contributed by atoms with van der Waals surface area (Å²) in [6.45, 7) is 5.09. The van der Waals surface area contributed by atoms with Crippen molar-refractivity contribution in [3.05, 3.63) is 34.6 Å². The largest absolute Gasteiger partial charge is 0.461 e. The Bertz CT molecular complexity index is 667. The number of anilines is 2. The number of hydrogen-bond acceptors (Lipinski definition) is 5. The third-order valence-corrected chi connectivity index (χ3v) is 2.62. The molecule has 1 aromatic carbocycles. The van der Waals surface area contributed by atoms with Crippen molar-refractivity contribution in [3.63, 3.8) is 0 Å². The van der Waals surface area contributed by atoms with Crippen LogP contribution in [0.4, 0.5) is 20.4 Å². The molecule has 0 atom stereocenters. The predicted octanol–water partition coefficient (Wildman–Crippen LogP) is 3.64. The molecule has 0 saturated heterocycles. The van der Waals surface area contributed by atoms with Crippen LogP contribution in [0.25, 0.3) is 0 Å². The average molecular weight is 315 g/mol. The fourth-order valence-corrected chi connectivity index (χ4v) is 1.69. The van der Waals surface area contributed by atoms with Crippen LogP contribution >= 0.6 is 11.6 Å². The zero-order chi connectivity index (χ0) is 15.6. The Morgan fingerprint density at radius 1 is 1.19 bits per heavy atom. The van der Waals surface area contributed by atoms with Crippen LogP contribution in [0, 0.1) is 18.6 Å². The van der Waals surface area contributed by atoms with Crippen molar-refractivity contribution in [2.75, 3.05) is 5.32 Å². The van der Waals surface area contributed by atoms with Crippen molar-refractivity contribution < 1.29 is 13.5 Å². The van der Waals surface area contributed by atoms with E-state index in [0.717, 1.165) is 6.07 Å². The second kappa shape index (κ2) is 6.17. The molecule has 1 aromatic heterocycles. The van der Waals surface area contributed by atoms with Crippen molar-refractivity contribution in [2.45, 2.75) is 26.9 Å². The molecule has 0 saturated carbocycles. The first-order chi connectivity index (χ1) is 9.86. The van der Waals surface area contributed by atoms with Gasteiger partial charge in [-0.1, -0.05) is 6.07 Å². The summed E-state index contributed by atoms with van der Waals surface area (Å²) in [6, 6.07) is 2.46. The molecule has 112 valence electrons. The van der Waals surface area contributed by atoms with Gasteiger partial charge in [-0.3, -0.25) is 0 Å². The summed E-state index contributed by atoms with van der Waals surface area (Å²) in [5, 5.41) is 2.32. The molecule has 21 heavy (non-hydrogen) atoms. The van der Waals surface area contributed by atoms with Gasteiger partial charge >= 0.3 is 6.01 Å². The van der Waals surface area contributed by atoms with Gasteiger partial charge in [0.05, 0.1) is 6.10 Å². The van der Waals surface area contributed by atoms with E-state index in [0.29, 0.717) is 0 Å². The van der Waals surface area contributed by atoms with Crippen molar-refractivity contribution in [3.8, 4) is 6.01 Å². The first-order valence-corrected chi connectivity index (χ1v) is 6.54. The molecule has 0 spiro atoms. The van der Waals surface area contributed by atoms with E-state index in [1.54, 1.807) is 13.8 Å². The van der Waals surface area contributed by atoms with E-state index in [2.05, 4.69) is 20.3 Å². The van der Waals surface area contributed by atoms with Crippen LogP contribution in [0.3, 0.4) is 0 Å². The number of aryl methyl sites for hydroxylation is 1. The molecule has 0 aliphatic rings. The molecule has 0 fully saturated rings. The molecule has 0 unspecified atom stereocenters. The standard InChI is InChI=1S/C13H13ClF2N4O/c1-6(2)21-13-19-11(14)18-12(20-13)17-10-8(15)5-4-7(3)9(10)16/h4-6H,1-3H3,(H,17,18,19,20). The van der Waals surface area contributed by atoms with Gasteiger partial charge in [-0.15, -0.1) is 0 Å². The Morgan fingerprint density at radius 3 is 2.57 bits per heavy atom. The smallest absolute Gasteiger partial charge is 0.322 e. The van der Waals surface area contributed by atoms with Crippen molar-refractivity contribution in [1.82, 2.24) is 15.0 Å². The minimum Gasteiger partial charge on any atom is -0.461 e. The van der Waals surface area contributed by atoms with Gasteiger partial charge < -0.3 is 10.1 Å². The summed E-state index contributed by atoms with van der Waals surface area (Å²) in [7, 11) is 0. The van der Waals surface area contributed by atoms with Gasteiger partial charge in [0.25, 0.3) is 0 Å². The van der Waals surface area contributed by atoms with Crippen LogP contribution in [0.15, 0.2) is 12.1 Å². The lowest BCUT2D eigenvalue weighted by Gasteiger charge is -2.11. The Balaban J connectivity index is 2.36. The summed E-state index contributed by atoms with van der Waals surface area (Å²) in [4.78, 5) is 11.4. The van der Waals surface area contributed by atoms with Gasteiger partial charge in [-0.25, -0.2) is 8.78 Å². The Hall–Kier alpha value is -2.02. The maximum Gasteiger partial charge on any atom is 0.322 e. The fraction of sp³-hybridized carbons (Fsp3) is 0.308. The van der Waals surface area contributed by atoms with Crippen LogP contribution < -0.4 is 10.1 Å². The second-order valence-corrected chi connectivity index (χ2v) is 4.89. The Kier molecular flexibility index (Phi) is 4.52. The highest BCUT2D eigenvalue weighted by atomic mass is 35.5. The number of nitrogens with one attached hydrogen (secondary N) is 1. The monoisotopic (exact) mass is 314 g/mol. The summed E-state index contributed by atoms with van der Waals surface area (Å²) < 4.78 is 32.9. The van der Waals surface area contributed by atoms with Gasteiger partial charge in [0.1, 0.15) is 11.5 Å². The van der Waals surface area contributed by atoms with Crippen LogP contribution in [0.5, 0.6) is 6.01 Å². The number of benzene rings is 1. The highest BCUT2D eigenvalue weighted by Gasteiger charge is 2.15. The molecule has 0 amide bonds. The predicted molar refractivity (Wildman–Crippen MR) is 75.0 cm³/mol. The quantitative estimate of drug-likeness (QED) is 0.933. The van der Waals surface area contributed by atoms with Gasteiger partial charge in [-0.05, 0) is 44.0 Å². The zero-order valence-corrected chi connectivity index (χ0v) is 12.4. The minimum atomic E-state index is -0.763. The highest BCUT2D eigenvalue weighted by molar-refractivity contribution is 6.28. The molecular weight excluding hydrogens is 302 g/mol. The maximum atomic E-state index is 13.9. The number of rotatable bonds is 4. The van der Waals surface area contributed by atoms with Gasteiger partial charge in [0.15, 0.2) is 5.82 Å². The second-order valence-electron chi connectivity index (χ2n) is 4.56. The number of ether oxygens (including phenoxy) is 1. The lowest BCUT2D eigenvalue weighted by atomic mass is 10.2. The van der Waals surface area contributed by atoms with Gasteiger partial charge in [0, 0.05) is 0 Å². The fourth-order valence-electron chi connectivity index (χ4n) is 1.53. The summed E-state index contributed by atoms with van der Waals surface area (Å²) >= 11 is 5.74. The SMILES string of the molecule is Cc1ccc(F)c(Nc2nc(Cl)nc(OC(C)C)n2)c1F. The lowest BCUT2D eigenvalue weighted by Crippen LogP contribution is -2.11. The first kappa shape index (κ1) is 15.4. The summed E-state index contributed by atoms with van der Waals surface area (Å²) in [6.07, 6.45) is -0.177. The molecule has 0 radical (unpaired) electrons. The van der Waals surface area contributed by atoms with Crippen LogP contribution in [0.2, 0.25) is 5.28 Å². The Labute approximate surface area is 125 Å². The topological polar surface area (TPSA) is 59.9 Å². The molecule has 0 aliphatic heterocycles. The highest BCUT2D eigenvalue weighted by Crippen LogP contribution is 2.25. The van der Waals surface area contributed by atoms with Crippen molar-refractivity contribution >= 4 is 23.2 Å². The molecule has 2 rings (SSSR count). The minimum absolute atomic E-state index is 0.0269. The Morgan fingerprint density at radius 2 is 1.90 bits per heavy atom. The van der Waals surface area contributed by atoms with Gasteiger partial charge in [0.2, 0.25) is 11.2 Å². The molecule has 0 bridgehead atoms. The van der Waals surface area contributed by atoms with E-state index in [9.17, 15) is 8.78 Å². The van der Waals surface area contributed by atoms with E-state index >= 15 is 0 Å². The lowest BCUT2D eigenvalue weighted by molar-refractivity contribution is 0.222. The molecule has 1 N–H and O–H groups in total. The average Bonchev–Trinajstić information content (AvgIpc) is 2.38. The molecular formula is C13H13ClF2N4O. The summed E-state index contributed by atoms with van der Waals surface area (Å²) in [5.41, 5.74) is -0.0644. The number of nitrogens with zero attached hydrogens (tertiary/aromatic N) is 3. The van der Waals surface area contributed by atoms with E-state index in [1.165, 1.54) is 13.0 Å². The number of hydrogen-bond donors (Lipinski definition) is 1. The third kappa shape index (κ3) is 3.75. The first-order valence-electron chi connectivity index (χ1n) is 6.16. The normalized spacial score (nSPS) is 10.8. The molecule has 5 nitrogen and oxygen atoms in total. The number of halogens is 3. The van der Waals surface area contributed by atoms with E-state index < -0.39 is 11.6 Å². The van der Waals surface area contributed by atoms with Crippen LogP contribution in [-0.2, 0) is 0 Å². The van der Waals surface area contributed by atoms with Gasteiger partial charge in [-0.2, -0.15) is 15.0 Å². The van der Waals surface area contributed by atoms with E-state index in [1.807, 2.05) is 0 Å². The number of aromatic nitrogens is 3. The molecule has 1 heterocycles. The third-order valence-electron chi connectivity index (χ3n) is 2.45. The maximum absolute atomic E-state index is 13.9. The zero-order valence-electron chi connectivity index (χ0n) is 11.6. The molecule has 8 heteroatoms. The van der Waals surface area contributed by atoms with E-state index in [-0.39, 0.29) is 34.6 Å². The van der Waals surface area contributed by atoms with Crippen LogP contribution in [0.1, 0.15) is 19.4 Å². The van der Waals surface area contributed by atoms with Crippen LogP contribution in [-0.4, -0.2) is 21.1 Å². The van der Waals surface area contributed by atoms with E-state index in [4.69, 9.17) is 16.3 Å². The van der Waals surface area contributed by atoms with Crippen molar-refractivity contribution in [1.29, 1.82) is 0 Å². The summed E-state index contributed by atoms with van der Waals surface area (Å²) in [5.74, 6) is -1.59. The molecule has 2 aromatic rings.